The van der Waals surface area contributed by atoms with Crippen LogP contribution in [0.3, 0.4) is 0 Å². The van der Waals surface area contributed by atoms with Crippen molar-refractivity contribution in [2.24, 2.45) is 28.1 Å². The van der Waals surface area contributed by atoms with Crippen LogP contribution in [0.2, 0.25) is 0 Å². The number of hydrogen-bond acceptors (Lipinski definition) is 2. The van der Waals surface area contributed by atoms with Crippen LogP contribution in [0, 0.1) is 28.1 Å². The van der Waals surface area contributed by atoms with Gasteiger partial charge in [0.15, 0.2) is 0 Å². The van der Waals surface area contributed by atoms with Crippen LogP contribution in [0.5, 0.6) is 0 Å². The van der Waals surface area contributed by atoms with Gasteiger partial charge in [-0.15, -0.1) is 6.58 Å². The molecule has 3 nitrogen and oxygen atoms in total. The Labute approximate surface area is 138 Å². The molecule has 3 heteroatoms. The summed E-state index contributed by atoms with van der Waals surface area (Å²) in [7, 11) is 0. The molecule has 3 aliphatic carbocycles. The molecule has 0 saturated heterocycles. The van der Waals surface area contributed by atoms with Gasteiger partial charge in [-0.3, -0.25) is 4.79 Å². The molecule has 0 unspecified atom stereocenters. The van der Waals surface area contributed by atoms with Gasteiger partial charge in [0.2, 0.25) is 0 Å². The minimum absolute atomic E-state index is 0.00487. The van der Waals surface area contributed by atoms with E-state index in [1.165, 1.54) is 5.57 Å². The first-order chi connectivity index (χ1) is 10.7. The van der Waals surface area contributed by atoms with E-state index in [-0.39, 0.29) is 17.3 Å². The van der Waals surface area contributed by atoms with Crippen molar-refractivity contribution in [1.82, 2.24) is 0 Å². The van der Waals surface area contributed by atoms with Gasteiger partial charge < -0.3 is 10.2 Å². The zero-order valence-electron chi connectivity index (χ0n) is 14.4. The minimum atomic E-state index is -0.796. The van der Waals surface area contributed by atoms with Crippen molar-refractivity contribution in [3.63, 3.8) is 0 Å². The van der Waals surface area contributed by atoms with Crippen molar-refractivity contribution in [3.8, 4) is 0 Å². The van der Waals surface area contributed by atoms with Gasteiger partial charge in [-0.1, -0.05) is 38.2 Å². The topological polar surface area (TPSA) is 57.5 Å². The maximum absolute atomic E-state index is 11.9. The number of hydrogen-bond donors (Lipinski definition) is 2. The van der Waals surface area contributed by atoms with Crippen LogP contribution in [-0.2, 0) is 4.79 Å². The summed E-state index contributed by atoms with van der Waals surface area (Å²) in [6, 6.07) is 0. The summed E-state index contributed by atoms with van der Waals surface area (Å²) in [6.45, 7) is 10.1. The van der Waals surface area contributed by atoms with Gasteiger partial charge in [-0.2, -0.15) is 0 Å². The Kier molecular flexibility index (Phi) is 3.64. The molecule has 0 aromatic rings. The van der Waals surface area contributed by atoms with E-state index in [4.69, 9.17) is 0 Å². The molecular weight excluding hydrogens is 288 g/mol. The molecule has 0 bridgehead atoms. The molecule has 6 atom stereocenters. The van der Waals surface area contributed by atoms with Gasteiger partial charge in [-0.25, -0.2) is 0 Å². The molecule has 0 aliphatic heterocycles. The summed E-state index contributed by atoms with van der Waals surface area (Å²) in [6.07, 6.45) is 11.0. The van der Waals surface area contributed by atoms with Crippen LogP contribution in [-0.4, -0.2) is 22.3 Å². The summed E-state index contributed by atoms with van der Waals surface area (Å²) >= 11 is 0. The van der Waals surface area contributed by atoms with Crippen molar-refractivity contribution in [3.05, 3.63) is 36.5 Å². The number of carboxylic acids is 1. The Morgan fingerprint density at radius 3 is 2.61 bits per heavy atom. The predicted octanol–water partition coefficient (Wildman–Crippen LogP) is 3.95. The van der Waals surface area contributed by atoms with E-state index in [2.05, 4.69) is 32.6 Å². The average Bonchev–Trinajstić information content (AvgIpc) is 2.51. The molecule has 0 aromatic carbocycles. The van der Waals surface area contributed by atoms with E-state index in [0.717, 1.165) is 12.8 Å². The fourth-order valence-electron chi connectivity index (χ4n) is 5.28. The number of rotatable bonds is 2. The number of allylic oxidation sites excluding steroid dienone is 5. The van der Waals surface area contributed by atoms with Crippen LogP contribution in [0.1, 0.15) is 46.5 Å². The highest BCUT2D eigenvalue weighted by Crippen LogP contribution is 2.61. The quantitative estimate of drug-likeness (QED) is 0.758. The van der Waals surface area contributed by atoms with Gasteiger partial charge >= 0.3 is 5.97 Å². The zero-order valence-corrected chi connectivity index (χ0v) is 14.4. The molecule has 0 radical (unpaired) electrons. The predicted molar refractivity (Wildman–Crippen MR) is 90.8 cm³/mol. The molecule has 0 aromatic heterocycles. The standard InChI is InChI=1S/C20H28O3/c1-5-18(2)10-8-14-13(12-18)6-7-15-19(3,17(22)23)11-9-16(21)20(14,15)4/h5-7,12,14-16,21H,1,8-11H2,2-4H3,(H,22,23)/t14-,15-,16+,18+,19-,20+/m1/s1. The van der Waals surface area contributed by atoms with E-state index in [0.29, 0.717) is 12.8 Å². The second-order valence-corrected chi connectivity index (χ2v) is 8.43. The minimum Gasteiger partial charge on any atom is -0.481 e. The Morgan fingerprint density at radius 2 is 2.00 bits per heavy atom. The summed E-state index contributed by atoms with van der Waals surface area (Å²) in [5.74, 6) is -0.657. The summed E-state index contributed by atoms with van der Waals surface area (Å²) in [5.41, 5.74) is 0.0322. The Balaban J connectivity index is 2.12. The molecule has 3 aliphatic rings. The smallest absolute Gasteiger partial charge is 0.309 e. The third-order valence-electron chi connectivity index (χ3n) is 7.07. The third kappa shape index (κ3) is 2.16. The maximum Gasteiger partial charge on any atom is 0.309 e. The molecule has 0 spiro atoms. The third-order valence-corrected chi connectivity index (χ3v) is 7.07. The fourth-order valence-corrected chi connectivity index (χ4v) is 5.28. The van der Waals surface area contributed by atoms with Crippen molar-refractivity contribution in [2.45, 2.75) is 52.6 Å². The first kappa shape index (κ1) is 16.5. The second kappa shape index (κ2) is 5.07. The van der Waals surface area contributed by atoms with Gasteiger partial charge in [0.1, 0.15) is 0 Å². The van der Waals surface area contributed by atoms with E-state index in [9.17, 15) is 15.0 Å². The Morgan fingerprint density at radius 1 is 1.30 bits per heavy atom. The SMILES string of the molecule is C=C[C@]1(C)C=C2C=C[C@H]3[C@](C)([C@@H]2CC1)[C@@H](O)CC[C@@]3(C)C(=O)O. The Hall–Kier alpha value is -1.35. The molecule has 1 saturated carbocycles. The van der Waals surface area contributed by atoms with Crippen LogP contribution in [0.25, 0.3) is 0 Å². The van der Waals surface area contributed by atoms with E-state index >= 15 is 0 Å². The molecular formula is C20H28O3. The van der Waals surface area contributed by atoms with Crippen molar-refractivity contribution in [1.29, 1.82) is 0 Å². The number of aliphatic hydroxyl groups excluding tert-OH is 1. The molecule has 3 rings (SSSR count). The van der Waals surface area contributed by atoms with Crippen molar-refractivity contribution >= 4 is 5.97 Å². The number of fused-ring (bicyclic) bond motifs is 3. The highest BCUT2D eigenvalue weighted by Gasteiger charge is 2.60. The van der Waals surface area contributed by atoms with Crippen LogP contribution < -0.4 is 0 Å². The largest absolute Gasteiger partial charge is 0.481 e. The number of aliphatic carboxylic acids is 1. The van der Waals surface area contributed by atoms with Crippen LogP contribution in [0.15, 0.2) is 36.5 Å². The highest BCUT2D eigenvalue weighted by atomic mass is 16.4. The van der Waals surface area contributed by atoms with Crippen LogP contribution >= 0.6 is 0 Å². The lowest BCUT2D eigenvalue weighted by atomic mass is 9.46. The van der Waals surface area contributed by atoms with Gasteiger partial charge in [0, 0.05) is 16.7 Å². The van der Waals surface area contributed by atoms with Crippen LogP contribution in [0.4, 0.5) is 0 Å². The van der Waals surface area contributed by atoms with Crippen molar-refractivity contribution < 1.29 is 15.0 Å². The normalized spacial score (nSPS) is 48.9. The van der Waals surface area contributed by atoms with E-state index in [1.807, 2.05) is 19.1 Å². The molecule has 0 heterocycles. The van der Waals surface area contributed by atoms with Gasteiger partial charge in [0.25, 0.3) is 0 Å². The summed E-state index contributed by atoms with van der Waals surface area (Å²) in [5, 5.41) is 20.6. The molecule has 0 amide bonds. The molecule has 1 fully saturated rings. The number of aliphatic hydroxyl groups is 1. The monoisotopic (exact) mass is 316 g/mol. The average molecular weight is 316 g/mol. The summed E-state index contributed by atoms with van der Waals surface area (Å²) < 4.78 is 0. The maximum atomic E-state index is 11.9. The molecule has 126 valence electrons. The lowest BCUT2D eigenvalue weighted by molar-refractivity contribution is -0.169. The molecule has 2 N–H and O–H groups in total. The van der Waals surface area contributed by atoms with E-state index in [1.54, 1.807) is 0 Å². The van der Waals surface area contributed by atoms with Crippen molar-refractivity contribution in [2.75, 3.05) is 0 Å². The molecule has 23 heavy (non-hydrogen) atoms. The first-order valence-corrected chi connectivity index (χ1v) is 8.63. The number of carboxylic acid groups (broad SMARTS) is 1. The van der Waals surface area contributed by atoms with Gasteiger partial charge in [-0.05, 0) is 44.1 Å². The fraction of sp³-hybridized carbons (Fsp3) is 0.650. The number of carbonyl (C=O) groups is 1. The Bertz CT molecular complexity index is 604. The lowest BCUT2D eigenvalue weighted by Crippen LogP contribution is -2.58. The van der Waals surface area contributed by atoms with Gasteiger partial charge in [0.05, 0.1) is 11.5 Å². The van der Waals surface area contributed by atoms with E-state index < -0.39 is 22.9 Å². The lowest BCUT2D eigenvalue weighted by Gasteiger charge is -2.58. The second-order valence-electron chi connectivity index (χ2n) is 8.43. The first-order valence-electron chi connectivity index (χ1n) is 8.63. The summed E-state index contributed by atoms with van der Waals surface area (Å²) in [4.78, 5) is 11.9. The highest BCUT2D eigenvalue weighted by molar-refractivity contribution is 5.75. The zero-order chi connectivity index (χ0) is 17.0.